The minimum atomic E-state index is -4.44. The first kappa shape index (κ1) is 14.8. The summed E-state index contributed by atoms with van der Waals surface area (Å²) in [5.41, 5.74) is 0.0641. The molecule has 1 aromatic carbocycles. The van der Waals surface area contributed by atoms with Gasteiger partial charge in [-0.2, -0.15) is 13.2 Å². The normalized spacial score (nSPS) is 11.9. The van der Waals surface area contributed by atoms with Gasteiger partial charge in [-0.3, -0.25) is 0 Å². The molecule has 0 fully saturated rings. The molecule has 2 rings (SSSR count). The Bertz CT molecular complexity index is 624. The number of nitrogens with zero attached hydrogens (tertiary/aromatic N) is 2. The summed E-state index contributed by atoms with van der Waals surface area (Å²) >= 11 is 5.81. The van der Waals surface area contributed by atoms with Gasteiger partial charge in [0.1, 0.15) is 0 Å². The highest BCUT2D eigenvalue weighted by Crippen LogP contribution is 2.36. The first-order valence-electron chi connectivity index (χ1n) is 6.00. The van der Waals surface area contributed by atoms with Gasteiger partial charge < -0.3 is 0 Å². The van der Waals surface area contributed by atoms with Gasteiger partial charge in [0.2, 0.25) is 5.28 Å². The summed E-state index contributed by atoms with van der Waals surface area (Å²) in [5.74, 6) is 0.0484. The molecule has 106 valence electrons. The van der Waals surface area contributed by atoms with Gasteiger partial charge in [-0.15, -0.1) is 0 Å². The van der Waals surface area contributed by atoms with Crippen molar-refractivity contribution in [2.24, 2.45) is 0 Å². The monoisotopic (exact) mass is 300 g/mol. The van der Waals surface area contributed by atoms with E-state index in [4.69, 9.17) is 11.6 Å². The largest absolute Gasteiger partial charge is 0.417 e. The first-order chi connectivity index (χ1) is 9.29. The van der Waals surface area contributed by atoms with E-state index in [0.717, 1.165) is 6.07 Å². The fourth-order valence-electron chi connectivity index (χ4n) is 1.82. The zero-order chi connectivity index (χ0) is 14.9. The summed E-state index contributed by atoms with van der Waals surface area (Å²) in [6, 6.07) is 6.83. The molecule has 0 aliphatic rings. The van der Waals surface area contributed by atoms with Crippen molar-refractivity contribution in [3.05, 3.63) is 46.9 Å². The van der Waals surface area contributed by atoms with E-state index in [9.17, 15) is 13.2 Å². The number of alkyl halides is 3. The number of halogens is 4. The SMILES string of the molecule is CC(C)c1cc(-c2ccccc2C(F)(F)F)nc(Cl)n1. The third kappa shape index (κ3) is 3.10. The molecule has 0 atom stereocenters. The Morgan fingerprint density at radius 1 is 1.10 bits per heavy atom. The van der Waals surface area contributed by atoms with E-state index < -0.39 is 11.7 Å². The molecular weight excluding hydrogens is 289 g/mol. The molecule has 1 aromatic heterocycles. The van der Waals surface area contributed by atoms with E-state index in [2.05, 4.69) is 9.97 Å². The molecule has 0 aliphatic heterocycles. The highest BCUT2D eigenvalue weighted by molar-refractivity contribution is 6.28. The average Bonchev–Trinajstić information content (AvgIpc) is 2.37. The van der Waals surface area contributed by atoms with Crippen molar-refractivity contribution in [1.29, 1.82) is 0 Å². The average molecular weight is 301 g/mol. The van der Waals surface area contributed by atoms with Crippen LogP contribution in [0, 0.1) is 0 Å². The van der Waals surface area contributed by atoms with Gasteiger partial charge in [0.25, 0.3) is 0 Å². The Morgan fingerprint density at radius 3 is 2.35 bits per heavy atom. The Labute approximate surface area is 119 Å². The summed E-state index contributed by atoms with van der Waals surface area (Å²) in [6.45, 7) is 3.77. The highest BCUT2D eigenvalue weighted by Gasteiger charge is 2.33. The Balaban J connectivity index is 2.63. The van der Waals surface area contributed by atoms with E-state index >= 15 is 0 Å². The third-order valence-corrected chi connectivity index (χ3v) is 2.99. The number of benzene rings is 1. The van der Waals surface area contributed by atoms with E-state index in [1.165, 1.54) is 18.2 Å². The van der Waals surface area contributed by atoms with Crippen LogP contribution in [-0.2, 0) is 6.18 Å². The lowest BCUT2D eigenvalue weighted by molar-refractivity contribution is -0.137. The molecule has 0 N–H and O–H groups in total. The lowest BCUT2D eigenvalue weighted by Crippen LogP contribution is -2.08. The Hall–Kier alpha value is -1.62. The van der Waals surface area contributed by atoms with Crippen molar-refractivity contribution in [3.63, 3.8) is 0 Å². The summed E-state index contributed by atoms with van der Waals surface area (Å²) < 4.78 is 39.1. The van der Waals surface area contributed by atoms with E-state index in [0.29, 0.717) is 5.69 Å². The van der Waals surface area contributed by atoms with Crippen LogP contribution >= 0.6 is 11.6 Å². The lowest BCUT2D eigenvalue weighted by atomic mass is 10.0. The van der Waals surface area contributed by atoms with Crippen LogP contribution in [0.3, 0.4) is 0 Å². The zero-order valence-electron chi connectivity index (χ0n) is 10.9. The molecule has 2 nitrogen and oxygen atoms in total. The summed E-state index contributed by atoms with van der Waals surface area (Å²) in [4.78, 5) is 7.94. The molecule has 0 saturated carbocycles. The van der Waals surface area contributed by atoms with Crippen LogP contribution in [0.5, 0.6) is 0 Å². The molecule has 0 aliphatic carbocycles. The van der Waals surface area contributed by atoms with Crippen molar-refractivity contribution in [2.45, 2.75) is 25.9 Å². The molecule has 0 spiro atoms. The molecule has 0 unspecified atom stereocenters. The predicted octanol–water partition coefficient (Wildman–Crippen LogP) is 4.94. The summed E-state index contributed by atoms with van der Waals surface area (Å²) in [6.07, 6.45) is -4.44. The quantitative estimate of drug-likeness (QED) is 0.734. The van der Waals surface area contributed by atoms with E-state index in [1.54, 1.807) is 6.07 Å². The zero-order valence-corrected chi connectivity index (χ0v) is 11.6. The van der Waals surface area contributed by atoms with Crippen LogP contribution in [-0.4, -0.2) is 9.97 Å². The minimum absolute atomic E-state index is 0.00574. The molecular formula is C14H12ClF3N2. The van der Waals surface area contributed by atoms with Crippen LogP contribution < -0.4 is 0 Å². The highest BCUT2D eigenvalue weighted by atomic mass is 35.5. The topological polar surface area (TPSA) is 25.8 Å². The third-order valence-electron chi connectivity index (χ3n) is 2.82. The van der Waals surface area contributed by atoms with Gasteiger partial charge in [-0.05, 0) is 29.7 Å². The van der Waals surface area contributed by atoms with E-state index in [1.807, 2.05) is 13.8 Å². The summed E-state index contributed by atoms with van der Waals surface area (Å²) in [5, 5.41) is -0.0526. The number of rotatable bonds is 2. The van der Waals surface area contributed by atoms with Crippen molar-refractivity contribution in [2.75, 3.05) is 0 Å². The molecule has 20 heavy (non-hydrogen) atoms. The molecule has 6 heteroatoms. The van der Waals surface area contributed by atoms with Crippen LogP contribution in [0.1, 0.15) is 31.0 Å². The first-order valence-corrected chi connectivity index (χ1v) is 6.38. The van der Waals surface area contributed by atoms with Crippen molar-refractivity contribution >= 4 is 11.6 Å². The van der Waals surface area contributed by atoms with Crippen LogP contribution in [0.4, 0.5) is 13.2 Å². The fourth-order valence-corrected chi connectivity index (χ4v) is 2.01. The minimum Gasteiger partial charge on any atom is -0.223 e. The fraction of sp³-hybridized carbons (Fsp3) is 0.286. The standard InChI is InChI=1S/C14H12ClF3N2/c1-8(2)11-7-12(20-13(15)19-11)9-5-3-4-6-10(9)14(16,17)18/h3-8H,1-2H3. The second-order valence-corrected chi connectivity index (χ2v) is 4.98. The maximum Gasteiger partial charge on any atom is 0.417 e. The Morgan fingerprint density at radius 2 is 1.75 bits per heavy atom. The molecule has 2 aromatic rings. The number of hydrogen-bond donors (Lipinski definition) is 0. The van der Waals surface area contributed by atoms with Gasteiger partial charge >= 0.3 is 6.18 Å². The maximum atomic E-state index is 13.0. The van der Waals surface area contributed by atoms with Crippen molar-refractivity contribution < 1.29 is 13.2 Å². The van der Waals surface area contributed by atoms with Gasteiger partial charge in [0.05, 0.1) is 11.3 Å². The van der Waals surface area contributed by atoms with Crippen LogP contribution in [0.15, 0.2) is 30.3 Å². The molecule has 1 heterocycles. The molecule has 0 saturated heterocycles. The lowest BCUT2D eigenvalue weighted by Gasteiger charge is -2.13. The predicted molar refractivity (Wildman–Crippen MR) is 71.6 cm³/mol. The van der Waals surface area contributed by atoms with Crippen LogP contribution in [0.25, 0.3) is 11.3 Å². The van der Waals surface area contributed by atoms with E-state index in [-0.39, 0.29) is 22.5 Å². The molecule has 0 bridgehead atoms. The number of aromatic nitrogens is 2. The molecule has 0 radical (unpaired) electrons. The number of hydrogen-bond acceptors (Lipinski definition) is 2. The smallest absolute Gasteiger partial charge is 0.223 e. The second kappa shape index (κ2) is 5.40. The Kier molecular flexibility index (Phi) is 3.99. The van der Waals surface area contributed by atoms with Gasteiger partial charge in [0, 0.05) is 11.3 Å². The summed E-state index contributed by atoms with van der Waals surface area (Å²) in [7, 11) is 0. The van der Waals surface area contributed by atoms with Gasteiger partial charge in [-0.25, -0.2) is 9.97 Å². The van der Waals surface area contributed by atoms with Gasteiger partial charge in [-0.1, -0.05) is 32.0 Å². The maximum absolute atomic E-state index is 13.0. The van der Waals surface area contributed by atoms with Gasteiger partial charge in [0.15, 0.2) is 0 Å². The van der Waals surface area contributed by atoms with Crippen molar-refractivity contribution in [1.82, 2.24) is 9.97 Å². The van der Waals surface area contributed by atoms with Crippen LogP contribution in [0.2, 0.25) is 5.28 Å². The second-order valence-electron chi connectivity index (χ2n) is 4.65. The molecule has 0 amide bonds. The van der Waals surface area contributed by atoms with Crippen molar-refractivity contribution in [3.8, 4) is 11.3 Å².